The summed E-state index contributed by atoms with van der Waals surface area (Å²) in [5.41, 5.74) is 2.35. The van der Waals surface area contributed by atoms with E-state index in [9.17, 15) is 4.79 Å². The number of para-hydroxylation sites is 1. The molecule has 0 spiro atoms. The summed E-state index contributed by atoms with van der Waals surface area (Å²) in [5.74, 6) is 0.976. The van der Waals surface area contributed by atoms with Crippen LogP contribution in [-0.4, -0.2) is 59.5 Å². The lowest BCUT2D eigenvalue weighted by Crippen LogP contribution is -2.54. The van der Waals surface area contributed by atoms with Gasteiger partial charge in [0.1, 0.15) is 0 Å². The molecule has 0 unspecified atom stereocenters. The highest BCUT2D eigenvalue weighted by Crippen LogP contribution is 2.28. The van der Waals surface area contributed by atoms with Crippen molar-refractivity contribution < 1.29 is 4.79 Å². The van der Waals surface area contributed by atoms with Crippen LogP contribution in [-0.2, 0) is 11.2 Å². The zero-order chi connectivity index (χ0) is 17.2. The lowest BCUT2D eigenvalue weighted by molar-refractivity contribution is -0.123. The summed E-state index contributed by atoms with van der Waals surface area (Å²) in [7, 11) is 0. The number of benzene rings is 1. The fourth-order valence-electron chi connectivity index (χ4n) is 3.71. The third-order valence-corrected chi connectivity index (χ3v) is 5.21. The molecule has 1 amide bonds. The zero-order valence-electron chi connectivity index (χ0n) is 14.5. The Morgan fingerprint density at radius 3 is 2.48 bits per heavy atom. The first-order chi connectivity index (χ1) is 12.2. The summed E-state index contributed by atoms with van der Waals surface area (Å²) >= 11 is 0. The maximum Gasteiger partial charge on any atom is 0.244 e. The summed E-state index contributed by atoms with van der Waals surface area (Å²) < 4.78 is 0. The molecule has 1 aromatic heterocycles. The van der Waals surface area contributed by atoms with E-state index >= 15 is 0 Å². The normalized spacial score (nSPS) is 18.9. The summed E-state index contributed by atoms with van der Waals surface area (Å²) in [5, 5.41) is 0. The second kappa shape index (κ2) is 6.80. The van der Waals surface area contributed by atoms with E-state index in [4.69, 9.17) is 0 Å². The van der Waals surface area contributed by atoms with Gasteiger partial charge in [-0.2, -0.15) is 0 Å². The van der Waals surface area contributed by atoms with Gasteiger partial charge in [0, 0.05) is 50.8 Å². The lowest BCUT2D eigenvalue weighted by atomic mass is 10.1. The van der Waals surface area contributed by atoms with Gasteiger partial charge in [-0.1, -0.05) is 18.2 Å². The van der Waals surface area contributed by atoms with Crippen molar-refractivity contribution >= 4 is 17.5 Å². The summed E-state index contributed by atoms with van der Waals surface area (Å²) in [6.07, 6.45) is 4.49. The van der Waals surface area contributed by atoms with Crippen LogP contribution < -0.4 is 9.80 Å². The molecule has 1 aromatic carbocycles. The SMILES string of the molecule is C[C@@H](C(=O)N1CCc2ccccc21)N1CCN(c2ncccn2)CC1. The van der Waals surface area contributed by atoms with E-state index in [-0.39, 0.29) is 11.9 Å². The molecular weight excluding hydrogens is 314 g/mol. The number of rotatable bonds is 3. The van der Waals surface area contributed by atoms with E-state index in [1.807, 2.05) is 30.0 Å². The molecule has 0 saturated carbocycles. The van der Waals surface area contributed by atoms with Crippen molar-refractivity contribution in [1.29, 1.82) is 0 Å². The number of fused-ring (bicyclic) bond motifs is 1. The molecule has 0 aliphatic carbocycles. The molecule has 1 saturated heterocycles. The third-order valence-electron chi connectivity index (χ3n) is 5.21. The highest BCUT2D eigenvalue weighted by molar-refractivity contribution is 5.98. The second-order valence-corrected chi connectivity index (χ2v) is 6.62. The fraction of sp³-hybridized carbons (Fsp3) is 0.421. The molecule has 1 fully saturated rings. The Morgan fingerprint density at radius 1 is 1.00 bits per heavy atom. The molecule has 6 nitrogen and oxygen atoms in total. The second-order valence-electron chi connectivity index (χ2n) is 6.62. The molecule has 3 heterocycles. The molecular formula is C19H23N5O. The van der Waals surface area contributed by atoms with Gasteiger partial charge in [0.2, 0.25) is 11.9 Å². The van der Waals surface area contributed by atoms with Gasteiger partial charge in [-0.05, 0) is 31.0 Å². The topological polar surface area (TPSA) is 52.6 Å². The Bertz CT molecular complexity index is 742. The van der Waals surface area contributed by atoms with Crippen LogP contribution in [0.15, 0.2) is 42.7 Å². The molecule has 2 aromatic rings. The van der Waals surface area contributed by atoms with Gasteiger partial charge < -0.3 is 9.80 Å². The van der Waals surface area contributed by atoms with Gasteiger partial charge in [0.25, 0.3) is 0 Å². The van der Waals surface area contributed by atoms with Crippen molar-refractivity contribution in [2.45, 2.75) is 19.4 Å². The van der Waals surface area contributed by atoms with Gasteiger partial charge in [0.15, 0.2) is 0 Å². The molecule has 1 atom stereocenters. The standard InChI is InChI=1S/C19H23N5O/c1-15(18(25)24-10-7-16-5-2-3-6-17(16)24)22-11-13-23(14-12-22)19-20-8-4-9-21-19/h2-6,8-9,15H,7,10-14H2,1H3/t15-/m0/s1. The first-order valence-corrected chi connectivity index (χ1v) is 8.89. The van der Waals surface area contributed by atoms with E-state index in [0.29, 0.717) is 0 Å². The van der Waals surface area contributed by atoms with Crippen LogP contribution in [0, 0.1) is 0 Å². The molecule has 0 N–H and O–H groups in total. The smallest absolute Gasteiger partial charge is 0.244 e. The number of aromatic nitrogens is 2. The zero-order valence-corrected chi connectivity index (χ0v) is 14.5. The first-order valence-electron chi connectivity index (χ1n) is 8.89. The highest BCUT2D eigenvalue weighted by Gasteiger charge is 2.32. The number of hydrogen-bond donors (Lipinski definition) is 0. The number of carbonyl (C=O) groups excluding carboxylic acids is 1. The Hall–Kier alpha value is -2.47. The maximum absolute atomic E-state index is 13.0. The van der Waals surface area contributed by atoms with Crippen molar-refractivity contribution in [3.63, 3.8) is 0 Å². The molecule has 2 aliphatic rings. The van der Waals surface area contributed by atoms with E-state index in [2.05, 4.69) is 31.9 Å². The van der Waals surface area contributed by atoms with Crippen LogP contribution in [0.4, 0.5) is 11.6 Å². The Morgan fingerprint density at radius 2 is 1.72 bits per heavy atom. The van der Waals surface area contributed by atoms with E-state index in [0.717, 1.165) is 50.8 Å². The molecule has 4 rings (SSSR count). The average molecular weight is 337 g/mol. The molecule has 25 heavy (non-hydrogen) atoms. The van der Waals surface area contributed by atoms with Crippen LogP contribution in [0.1, 0.15) is 12.5 Å². The van der Waals surface area contributed by atoms with E-state index < -0.39 is 0 Å². The maximum atomic E-state index is 13.0. The van der Waals surface area contributed by atoms with Crippen molar-refractivity contribution in [2.75, 3.05) is 42.5 Å². The van der Waals surface area contributed by atoms with E-state index in [1.165, 1.54) is 5.56 Å². The minimum absolute atomic E-state index is 0.106. The van der Waals surface area contributed by atoms with Crippen LogP contribution in [0.3, 0.4) is 0 Å². The molecule has 6 heteroatoms. The van der Waals surface area contributed by atoms with Gasteiger partial charge in [-0.15, -0.1) is 0 Å². The molecule has 0 bridgehead atoms. The number of hydrogen-bond acceptors (Lipinski definition) is 5. The number of carbonyl (C=O) groups is 1. The minimum Gasteiger partial charge on any atom is -0.338 e. The summed E-state index contributed by atoms with van der Waals surface area (Å²) in [6, 6.07) is 9.94. The summed E-state index contributed by atoms with van der Waals surface area (Å²) in [6.45, 7) is 6.20. The number of amides is 1. The Kier molecular flexibility index (Phi) is 4.36. The molecule has 2 aliphatic heterocycles. The monoisotopic (exact) mass is 337 g/mol. The lowest BCUT2D eigenvalue weighted by Gasteiger charge is -2.38. The molecule has 0 radical (unpaired) electrons. The Balaban J connectivity index is 1.39. The van der Waals surface area contributed by atoms with Crippen LogP contribution >= 0.6 is 0 Å². The predicted molar refractivity (Wildman–Crippen MR) is 97.8 cm³/mol. The largest absolute Gasteiger partial charge is 0.338 e. The quantitative estimate of drug-likeness (QED) is 0.851. The van der Waals surface area contributed by atoms with Crippen molar-refractivity contribution in [1.82, 2.24) is 14.9 Å². The number of anilines is 2. The van der Waals surface area contributed by atoms with Gasteiger partial charge >= 0.3 is 0 Å². The fourth-order valence-corrected chi connectivity index (χ4v) is 3.71. The average Bonchev–Trinajstić information content (AvgIpc) is 3.12. The van der Waals surface area contributed by atoms with Gasteiger partial charge in [-0.3, -0.25) is 9.69 Å². The van der Waals surface area contributed by atoms with E-state index in [1.54, 1.807) is 12.4 Å². The third kappa shape index (κ3) is 3.09. The highest BCUT2D eigenvalue weighted by atomic mass is 16.2. The Labute approximate surface area is 148 Å². The van der Waals surface area contributed by atoms with Crippen LogP contribution in [0.2, 0.25) is 0 Å². The van der Waals surface area contributed by atoms with Gasteiger partial charge in [0.05, 0.1) is 6.04 Å². The minimum atomic E-state index is -0.106. The number of piperazine rings is 1. The van der Waals surface area contributed by atoms with Crippen molar-refractivity contribution in [3.05, 3.63) is 48.3 Å². The van der Waals surface area contributed by atoms with Crippen LogP contribution in [0.25, 0.3) is 0 Å². The van der Waals surface area contributed by atoms with Crippen LogP contribution in [0.5, 0.6) is 0 Å². The molecule has 130 valence electrons. The van der Waals surface area contributed by atoms with Crippen molar-refractivity contribution in [3.8, 4) is 0 Å². The first kappa shape index (κ1) is 16.0. The number of nitrogens with zero attached hydrogens (tertiary/aromatic N) is 5. The predicted octanol–water partition coefficient (Wildman–Crippen LogP) is 1.58. The van der Waals surface area contributed by atoms with Gasteiger partial charge in [-0.25, -0.2) is 9.97 Å². The summed E-state index contributed by atoms with van der Waals surface area (Å²) in [4.78, 5) is 28.0. The van der Waals surface area contributed by atoms with Crippen molar-refractivity contribution in [2.24, 2.45) is 0 Å².